The molecule has 6 rings (SSSR count). The predicted octanol–water partition coefficient (Wildman–Crippen LogP) is 3.78. The van der Waals surface area contributed by atoms with E-state index in [1.165, 1.54) is 31.5 Å². The van der Waals surface area contributed by atoms with Gasteiger partial charge in [-0.25, -0.2) is 14.4 Å². The molecule has 1 saturated heterocycles. The Hall–Kier alpha value is -4.92. The number of methoxy groups -OCH3 is 1. The van der Waals surface area contributed by atoms with Crippen LogP contribution in [-0.2, 0) is 0 Å². The number of halogens is 1. The van der Waals surface area contributed by atoms with Crippen molar-refractivity contribution in [2.75, 3.05) is 37.0 Å². The molecule has 3 N–H and O–H groups in total. The fourth-order valence-electron chi connectivity index (χ4n) is 5.33. The van der Waals surface area contributed by atoms with Gasteiger partial charge >= 0.3 is 0 Å². The Labute approximate surface area is 241 Å². The Morgan fingerprint density at radius 2 is 2.12 bits per heavy atom. The van der Waals surface area contributed by atoms with Crippen molar-refractivity contribution >= 4 is 17.3 Å². The molecular weight excluding hydrogens is 537 g/mol. The first kappa shape index (κ1) is 27.3. The summed E-state index contributed by atoms with van der Waals surface area (Å²) in [5, 5.41) is 26.5. The van der Waals surface area contributed by atoms with Gasteiger partial charge in [0.25, 0.3) is 5.91 Å². The molecule has 2 fully saturated rings. The Bertz CT molecular complexity index is 1700. The lowest BCUT2D eigenvalue weighted by atomic mass is 9.99. The SMILES string of the molecule is COc1cccc(F)c1-c1nccc(C(=O)Nc2ccc(-c3cnccc3C#N)cc2N2CC3(CC3)NC[C@H]2CO)n1. The van der Waals surface area contributed by atoms with Crippen LogP contribution in [0.25, 0.3) is 22.5 Å². The largest absolute Gasteiger partial charge is 0.496 e. The van der Waals surface area contributed by atoms with Crippen LogP contribution >= 0.6 is 0 Å². The molecule has 1 amide bonds. The van der Waals surface area contributed by atoms with Crippen LogP contribution in [0.4, 0.5) is 15.8 Å². The minimum absolute atomic E-state index is 0.0203. The first-order chi connectivity index (χ1) is 20.4. The van der Waals surface area contributed by atoms with E-state index in [-0.39, 0.29) is 41.0 Å². The van der Waals surface area contributed by atoms with Crippen LogP contribution in [0.5, 0.6) is 5.75 Å². The van der Waals surface area contributed by atoms with Crippen molar-refractivity contribution in [3.63, 3.8) is 0 Å². The predicted molar refractivity (Wildman–Crippen MR) is 155 cm³/mol. The molecule has 1 atom stereocenters. The zero-order chi connectivity index (χ0) is 29.3. The number of amides is 1. The minimum atomic E-state index is -0.570. The molecule has 0 bridgehead atoms. The molecule has 2 aromatic carbocycles. The number of carbonyl (C=O) groups is 1. The third-order valence-corrected chi connectivity index (χ3v) is 7.81. The average Bonchev–Trinajstić information content (AvgIpc) is 3.79. The van der Waals surface area contributed by atoms with E-state index < -0.39 is 11.7 Å². The van der Waals surface area contributed by atoms with E-state index in [0.717, 1.165) is 18.4 Å². The second-order valence-electron chi connectivity index (χ2n) is 10.4. The number of anilines is 2. The highest BCUT2D eigenvalue weighted by atomic mass is 19.1. The van der Waals surface area contributed by atoms with Crippen LogP contribution in [-0.4, -0.2) is 64.4 Å². The maximum atomic E-state index is 14.7. The van der Waals surface area contributed by atoms with E-state index in [1.54, 1.807) is 30.6 Å². The lowest BCUT2D eigenvalue weighted by molar-refractivity contribution is 0.102. The molecule has 42 heavy (non-hydrogen) atoms. The van der Waals surface area contributed by atoms with Gasteiger partial charge in [0.05, 0.1) is 48.3 Å². The first-order valence-electron chi connectivity index (χ1n) is 13.5. The average molecular weight is 566 g/mol. The summed E-state index contributed by atoms with van der Waals surface area (Å²) >= 11 is 0. The van der Waals surface area contributed by atoms with Crippen LogP contribution in [0, 0.1) is 17.1 Å². The van der Waals surface area contributed by atoms with Gasteiger partial charge in [0.15, 0.2) is 5.82 Å². The zero-order valence-corrected chi connectivity index (χ0v) is 22.8. The van der Waals surface area contributed by atoms with E-state index in [9.17, 15) is 19.6 Å². The van der Waals surface area contributed by atoms with E-state index in [4.69, 9.17) is 4.74 Å². The number of nitriles is 1. The third-order valence-electron chi connectivity index (χ3n) is 7.81. The monoisotopic (exact) mass is 565 g/mol. The van der Waals surface area contributed by atoms with Crippen molar-refractivity contribution in [1.29, 1.82) is 5.26 Å². The van der Waals surface area contributed by atoms with E-state index >= 15 is 0 Å². The van der Waals surface area contributed by atoms with E-state index in [2.05, 4.69) is 36.6 Å². The molecule has 1 spiro atoms. The van der Waals surface area contributed by atoms with E-state index in [0.29, 0.717) is 35.6 Å². The number of nitrogens with one attached hydrogen (secondary N) is 2. The number of aliphatic hydroxyl groups is 1. The third kappa shape index (κ3) is 5.13. The molecule has 2 aromatic heterocycles. The summed E-state index contributed by atoms with van der Waals surface area (Å²) in [6.07, 6.45) is 6.65. The Morgan fingerprint density at radius 3 is 2.88 bits per heavy atom. The van der Waals surface area contributed by atoms with E-state index in [1.807, 2.05) is 12.1 Å². The van der Waals surface area contributed by atoms with Crippen LogP contribution < -0.4 is 20.3 Å². The number of pyridine rings is 1. The number of piperazine rings is 1. The van der Waals surface area contributed by atoms with Gasteiger partial charge in [-0.3, -0.25) is 9.78 Å². The van der Waals surface area contributed by atoms with Gasteiger partial charge in [0.2, 0.25) is 0 Å². The highest BCUT2D eigenvalue weighted by molar-refractivity contribution is 6.05. The quantitative estimate of drug-likeness (QED) is 0.306. The summed E-state index contributed by atoms with van der Waals surface area (Å²) < 4.78 is 20.0. The fourth-order valence-corrected chi connectivity index (χ4v) is 5.33. The molecular formula is C31H28FN7O3. The summed E-state index contributed by atoms with van der Waals surface area (Å²) in [6, 6.07) is 15.0. The number of aliphatic hydroxyl groups excluding tert-OH is 1. The van der Waals surface area contributed by atoms with Crippen molar-refractivity contribution in [3.8, 4) is 34.3 Å². The van der Waals surface area contributed by atoms with Crippen molar-refractivity contribution in [1.82, 2.24) is 20.3 Å². The molecule has 3 heterocycles. The molecule has 1 saturated carbocycles. The van der Waals surface area contributed by atoms with Gasteiger partial charge in [-0.05, 0) is 54.8 Å². The summed E-state index contributed by atoms with van der Waals surface area (Å²) in [5.41, 5.74) is 3.16. The number of hydrogen-bond donors (Lipinski definition) is 3. The molecule has 1 aliphatic heterocycles. The standard InChI is InChI=1S/C31H28FN7O3/c1-42-27-4-2-3-23(32)28(27)29-35-12-8-25(37-29)30(41)38-24-6-5-19(22-16-34-11-7-20(22)14-33)13-26(24)39-18-31(9-10-31)36-15-21(39)17-40/h2-8,11-13,16,21,36,40H,9-10,15,17-18H2,1H3,(H,38,41)/t21-/m0/s1. The summed E-state index contributed by atoms with van der Waals surface area (Å²) in [4.78, 5) is 28.4. The molecule has 212 valence electrons. The maximum Gasteiger partial charge on any atom is 0.274 e. The van der Waals surface area contributed by atoms with Crippen LogP contribution in [0.3, 0.4) is 0 Å². The molecule has 0 unspecified atom stereocenters. The first-order valence-corrected chi connectivity index (χ1v) is 13.5. The molecule has 2 aliphatic rings. The van der Waals surface area contributed by atoms with Crippen LogP contribution in [0.2, 0.25) is 0 Å². The van der Waals surface area contributed by atoms with Crippen LogP contribution in [0.15, 0.2) is 67.1 Å². The van der Waals surface area contributed by atoms with Crippen molar-refractivity contribution < 1.29 is 19.0 Å². The number of benzene rings is 2. The van der Waals surface area contributed by atoms with Gasteiger partial charge < -0.3 is 25.4 Å². The van der Waals surface area contributed by atoms with Gasteiger partial charge in [0, 0.05) is 42.8 Å². The number of carbonyl (C=O) groups excluding carboxylic acids is 1. The highest BCUT2D eigenvalue weighted by Gasteiger charge is 2.48. The number of ether oxygens (including phenoxy) is 1. The fraction of sp³-hybridized carbons (Fsp3) is 0.258. The maximum absolute atomic E-state index is 14.7. The minimum Gasteiger partial charge on any atom is -0.496 e. The van der Waals surface area contributed by atoms with Gasteiger partial charge in [-0.2, -0.15) is 5.26 Å². The number of rotatable bonds is 7. The Balaban J connectivity index is 1.39. The molecule has 1 aliphatic carbocycles. The molecule has 10 nitrogen and oxygen atoms in total. The number of hydrogen-bond acceptors (Lipinski definition) is 9. The smallest absolute Gasteiger partial charge is 0.274 e. The van der Waals surface area contributed by atoms with Gasteiger partial charge in [-0.15, -0.1) is 0 Å². The second-order valence-corrected chi connectivity index (χ2v) is 10.4. The summed E-state index contributed by atoms with van der Waals surface area (Å²) in [5.74, 6) is -0.814. The molecule has 4 aromatic rings. The van der Waals surface area contributed by atoms with Crippen molar-refractivity contribution in [2.24, 2.45) is 0 Å². The number of nitrogens with zero attached hydrogens (tertiary/aromatic N) is 5. The lowest BCUT2D eigenvalue weighted by Crippen LogP contribution is -2.59. The normalized spacial score (nSPS) is 17.0. The Kier molecular flexibility index (Phi) is 7.24. The Morgan fingerprint density at radius 1 is 1.26 bits per heavy atom. The highest BCUT2D eigenvalue weighted by Crippen LogP contribution is 2.43. The van der Waals surface area contributed by atoms with Gasteiger partial charge in [-0.1, -0.05) is 12.1 Å². The molecule has 0 radical (unpaired) electrons. The summed E-state index contributed by atoms with van der Waals surface area (Å²) in [7, 11) is 1.42. The second kappa shape index (κ2) is 11.2. The summed E-state index contributed by atoms with van der Waals surface area (Å²) in [6.45, 7) is 1.15. The van der Waals surface area contributed by atoms with Crippen LogP contribution in [0.1, 0.15) is 28.9 Å². The topological polar surface area (TPSA) is 136 Å². The van der Waals surface area contributed by atoms with Crippen molar-refractivity contribution in [3.05, 3.63) is 84.2 Å². The molecule has 11 heteroatoms. The zero-order valence-electron chi connectivity index (χ0n) is 22.8. The van der Waals surface area contributed by atoms with Gasteiger partial charge in [0.1, 0.15) is 17.3 Å². The number of aromatic nitrogens is 3. The van der Waals surface area contributed by atoms with Crippen molar-refractivity contribution in [2.45, 2.75) is 24.4 Å². The lowest BCUT2D eigenvalue weighted by Gasteiger charge is -2.42.